The molecule has 4 nitrogen and oxygen atoms in total. The van der Waals surface area contributed by atoms with Crippen LogP contribution in [0.4, 0.5) is 5.69 Å². The van der Waals surface area contributed by atoms with Crippen molar-refractivity contribution in [1.29, 1.82) is 0 Å². The van der Waals surface area contributed by atoms with Gasteiger partial charge in [0, 0.05) is 10.6 Å². The Morgan fingerprint density at radius 3 is 2.52 bits per heavy atom. The average molecular weight is 384 g/mol. The van der Waals surface area contributed by atoms with Gasteiger partial charge >= 0.3 is 0 Å². The number of nitrogens with one attached hydrogen (secondary N) is 3. The molecule has 27 heavy (non-hydrogen) atoms. The van der Waals surface area contributed by atoms with E-state index >= 15 is 0 Å². The first kappa shape index (κ1) is 19.7. The van der Waals surface area contributed by atoms with E-state index in [1.165, 1.54) is 15.4 Å². The maximum absolute atomic E-state index is 12.3. The standard InChI is InChI=1S/C22H27N3OS/c1-27-21-11-5-10-20(17-21)23-22(26)18-25-15-13-24(14-16-25)12-6-9-19-7-3-2-4-8-19/h2-11,17H,12-16,18H2,1H3,(H,23,26)/p+2/b9-6+. The lowest BCUT2D eigenvalue weighted by Gasteiger charge is -2.28. The van der Waals surface area contributed by atoms with Gasteiger partial charge in [-0.2, -0.15) is 0 Å². The van der Waals surface area contributed by atoms with Crippen LogP contribution in [0, 0.1) is 0 Å². The highest BCUT2D eigenvalue weighted by Crippen LogP contribution is 2.18. The molecule has 5 heteroatoms. The summed E-state index contributed by atoms with van der Waals surface area (Å²) in [6.45, 7) is 5.93. The summed E-state index contributed by atoms with van der Waals surface area (Å²) in [5, 5.41) is 3.04. The zero-order valence-corrected chi connectivity index (χ0v) is 16.7. The number of rotatable bonds is 7. The number of piperazine rings is 1. The van der Waals surface area contributed by atoms with Gasteiger partial charge in [0.15, 0.2) is 6.54 Å². The van der Waals surface area contributed by atoms with Crippen molar-refractivity contribution < 1.29 is 14.6 Å². The minimum absolute atomic E-state index is 0.107. The number of thioether (sulfide) groups is 1. The summed E-state index contributed by atoms with van der Waals surface area (Å²) in [6, 6.07) is 18.4. The molecule has 0 saturated carbocycles. The molecule has 1 heterocycles. The van der Waals surface area contributed by atoms with Crippen molar-refractivity contribution in [3.8, 4) is 0 Å². The molecule has 0 bridgehead atoms. The molecule has 1 amide bonds. The molecule has 1 aliphatic rings. The van der Waals surface area contributed by atoms with E-state index in [-0.39, 0.29) is 5.91 Å². The highest BCUT2D eigenvalue weighted by atomic mass is 32.2. The molecule has 3 rings (SSSR count). The Labute approximate surface area is 166 Å². The number of quaternary nitrogens is 2. The maximum Gasteiger partial charge on any atom is 0.279 e. The van der Waals surface area contributed by atoms with E-state index in [2.05, 4.69) is 47.8 Å². The van der Waals surface area contributed by atoms with E-state index in [9.17, 15) is 4.79 Å². The molecule has 0 aromatic heterocycles. The molecule has 1 aliphatic heterocycles. The highest BCUT2D eigenvalue weighted by Gasteiger charge is 2.23. The summed E-state index contributed by atoms with van der Waals surface area (Å²) >= 11 is 1.69. The Morgan fingerprint density at radius 2 is 1.78 bits per heavy atom. The molecule has 0 unspecified atom stereocenters. The van der Waals surface area contributed by atoms with Gasteiger partial charge in [-0.05, 0) is 36.1 Å². The monoisotopic (exact) mass is 383 g/mol. The highest BCUT2D eigenvalue weighted by molar-refractivity contribution is 7.98. The van der Waals surface area contributed by atoms with Crippen LogP contribution in [-0.2, 0) is 4.79 Å². The second-order valence-corrected chi connectivity index (χ2v) is 7.85. The van der Waals surface area contributed by atoms with Gasteiger partial charge in [-0.1, -0.05) is 42.5 Å². The van der Waals surface area contributed by atoms with Crippen LogP contribution in [0.2, 0.25) is 0 Å². The zero-order valence-electron chi connectivity index (χ0n) is 15.9. The molecule has 0 spiro atoms. The first-order valence-corrected chi connectivity index (χ1v) is 10.8. The number of amides is 1. The lowest BCUT2D eigenvalue weighted by Crippen LogP contribution is -3.28. The topological polar surface area (TPSA) is 38.0 Å². The quantitative estimate of drug-likeness (QED) is 0.620. The lowest BCUT2D eigenvalue weighted by molar-refractivity contribution is -1.01. The smallest absolute Gasteiger partial charge is 0.279 e. The molecule has 0 atom stereocenters. The van der Waals surface area contributed by atoms with Crippen LogP contribution in [0.1, 0.15) is 5.56 Å². The molecule has 0 aliphatic carbocycles. The molecule has 142 valence electrons. The van der Waals surface area contributed by atoms with Crippen molar-refractivity contribution in [2.45, 2.75) is 4.90 Å². The van der Waals surface area contributed by atoms with Crippen LogP contribution in [0.5, 0.6) is 0 Å². The Kier molecular flexibility index (Phi) is 7.51. The summed E-state index contributed by atoms with van der Waals surface area (Å²) in [6.07, 6.45) is 6.51. The van der Waals surface area contributed by atoms with Gasteiger partial charge in [0.2, 0.25) is 0 Å². The Balaban J connectivity index is 1.38. The summed E-state index contributed by atoms with van der Waals surface area (Å²) in [5.74, 6) is 0.107. The van der Waals surface area contributed by atoms with Crippen molar-refractivity contribution in [3.63, 3.8) is 0 Å². The zero-order chi connectivity index (χ0) is 18.9. The first-order valence-electron chi connectivity index (χ1n) is 9.55. The predicted molar refractivity (Wildman–Crippen MR) is 113 cm³/mol. The lowest BCUT2D eigenvalue weighted by atomic mass is 10.2. The molecule has 1 fully saturated rings. The maximum atomic E-state index is 12.3. The summed E-state index contributed by atoms with van der Waals surface area (Å²) in [4.78, 5) is 16.5. The van der Waals surface area contributed by atoms with Crippen molar-refractivity contribution >= 4 is 29.4 Å². The van der Waals surface area contributed by atoms with Crippen LogP contribution >= 0.6 is 11.8 Å². The third-order valence-corrected chi connectivity index (χ3v) is 5.67. The fourth-order valence-corrected chi connectivity index (χ4v) is 3.86. The van der Waals surface area contributed by atoms with Crippen molar-refractivity contribution in [2.24, 2.45) is 0 Å². The average Bonchev–Trinajstić information content (AvgIpc) is 2.70. The first-order chi connectivity index (χ1) is 13.2. The van der Waals surface area contributed by atoms with E-state index in [0.717, 1.165) is 38.4 Å². The molecular formula is C22H29N3OS+2. The van der Waals surface area contributed by atoms with Gasteiger partial charge in [-0.3, -0.25) is 4.79 Å². The second kappa shape index (κ2) is 10.3. The Hall–Kier alpha value is -2.08. The third kappa shape index (κ3) is 6.54. The van der Waals surface area contributed by atoms with Gasteiger partial charge in [0.05, 0.1) is 6.54 Å². The van der Waals surface area contributed by atoms with E-state index in [4.69, 9.17) is 0 Å². The van der Waals surface area contributed by atoms with Crippen LogP contribution in [0.15, 0.2) is 65.6 Å². The van der Waals surface area contributed by atoms with E-state index in [0.29, 0.717) is 6.54 Å². The number of hydrogen-bond acceptors (Lipinski definition) is 2. The van der Waals surface area contributed by atoms with E-state index in [1.54, 1.807) is 16.7 Å². The molecule has 1 saturated heterocycles. The Bertz CT molecular complexity index is 755. The summed E-state index contributed by atoms with van der Waals surface area (Å²) in [5.41, 5.74) is 2.14. The third-order valence-electron chi connectivity index (χ3n) is 4.94. The number of carbonyl (C=O) groups excluding carboxylic acids is 1. The Morgan fingerprint density at radius 1 is 1.04 bits per heavy atom. The van der Waals surface area contributed by atoms with Crippen molar-refractivity contribution in [1.82, 2.24) is 0 Å². The van der Waals surface area contributed by atoms with Gasteiger partial charge in [0.25, 0.3) is 5.91 Å². The second-order valence-electron chi connectivity index (χ2n) is 6.97. The minimum atomic E-state index is 0.107. The van der Waals surface area contributed by atoms with Crippen LogP contribution in [0.3, 0.4) is 0 Å². The van der Waals surface area contributed by atoms with Gasteiger partial charge in [0.1, 0.15) is 26.2 Å². The van der Waals surface area contributed by atoms with E-state index in [1.807, 2.05) is 30.5 Å². The van der Waals surface area contributed by atoms with Gasteiger partial charge in [-0.15, -0.1) is 11.8 Å². The van der Waals surface area contributed by atoms with Crippen LogP contribution in [0.25, 0.3) is 6.08 Å². The number of anilines is 1. The fraction of sp³-hybridized carbons (Fsp3) is 0.318. The molecule has 2 aromatic carbocycles. The molecule has 0 radical (unpaired) electrons. The van der Waals surface area contributed by atoms with Crippen molar-refractivity contribution in [2.75, 3.05) is 50.8 Å². The molecular weight excluding hydrogens is 354 g/mol. The largest absolute Gasteiger partial charge is 0.322 e. The summed E-state index contributed by atoms with van der Waals surface area (Å²) < 4.78 is 0. The number of carbonyl (C=O) groups is 1. The van der Waals surface area contributed by atoms with Crippen LogP contribution in [-0.4, -0.2) is 51.4 Å². The molecule has 3 N–H and O–H groups in total. The summed E-state index contributed by atoms with van der Waals surface area (Å²) in [7, 11) is 0. The van der Waals surface area contributed by atoms with E-state index < -0.39 is 0 Å². The minimum Gasteiger partial charge on any atom is -0.322 e. The van der Waals surface area contributed by atoms with Crippen molar-refractivity contribution in [3.05, 3.63) is 66.2 Å². The normalized spacial score (nSPS) is 19.9. The van der Waals surface area contributed by atoms with Gasteiger partial charge < -0.3 is 15.1 Å². The predicted octanol–water partition coefficient (Wildman–Crippen LogP) is 0.844. The number of hydrogen-bond donors (Lipinski definition) is 3. The van der Waals surface area contributed by atoms with Crippen LogP contribution < -0.4 is 15.1 Å². The molecule has 2 aromatic rings. The number of benzene rings is 2. The SMILES string of the molecule is CSc1cccc(NC(=O)C[NH+]2CC[NH+](C/C=C/c3ccccc3)CC2)c1. The van der Waals surface area contributed by atoms with Gasteiger partial charge in [-0.25, -0.2) is 0 Å². The fourth-order valence-electron chi connectivity index (χ4n) is 3.40.